The molecule has 5 nitrogen and oxygen atoms in total. The van der Waals surface area contributed by atoms with E-state index >= 15 is 0 Å². The monoisotopic (exact) mass is 253 g/mol. The van der Waals surface area contributed by atoms with E-state index in [1.165, 1.54) is 12.1 Å². The second-order valence-electron chi connectivity index (χ2n) is 4.08. The molecule has 0 bridgehead atoms. The highest BCUT2D eigenvalue weighted by molar-refractivity contribution is 7.90. The number of rotatable bonds is 2. The fraction of sp³-hybridized carbons (Fsp3) is 0.364. The first-order valence-corrected chi connectivity index (χ1v) is 6.83. The number of nitrogen functional groups attached to an aromatic ring is 1. The predicted octanol–water partition coefficient (Wildman–Crippen LogP) is 1.08. The first kappa shape index (κ1) is 11.9. The maximum atomic E-state index is 12.0. The molecule has 0 atom stereocenters. The smallest absolute Gasteiger partial charge is 0.283 e. The summed E-state index contributed by atoms with van der Waals surface area (Å²) < 4.78 is 27.8. The Bertz CT molecular complexity index is 534. The summed E-state index contributed by atoms with van der Waals surface area (Å²) in [5.41, 5.74) is 6.05. The van der Waals surface area contributed by atoms with Gasteiger partial charge in [0, 0.05) is 25.7 Å². The molecule has 1 heterocycles. The highest BCUT2D eigenvalue weighted by Crippen LogP contribution is 2.17. The summed E-state index contributed by atoms with van der Waals surface area (Å²) in [7, 11) is -1.75. The van der Waals surface area contributed by atoms with Crippen molar-refractivity contribution < 1.29 is 8.42 Å². The zero-order valence-corrected chi connectivity index (χ0v) is 10.4. The SMILES string of the molecule is CN1CCCC1=NS(=O)(=O)c1ccc(N)cc1. The summed E-state index contributed by atoms with van der Waals surface area (Å²) in [6, 6.07) is 6.07. The number of sulfonamides is 1. The minimum Gasteiger partial charge on any atom is -0.399 e. The van der Waals surface area contributed by atoms with Gasteiger partial charge in [-0.05, 0) is 30.7 Å². The first-order chi connectivity index (χ1) is 7.99. The van der Waals surface area contributed by atoms with Gasteiger partial charge >= 0.3 is 0 Å². The Kier molecular flexibility index (Phi) is 3.06. The average molecular weight is 253 g/mol. The lowest BCUT2D eigenvalue weighted by Gasteiger charge is -2.10. The lowest BCUT2D eigenvalue weighted by Crippen LogP contribution is -2.20. The van der Waals surface area contributed by atoms with E-state index in [0.29, 0.717) is 17.9 Å². The number of nitrogens with two attached hydrogens (primary N) is 1. The van der Waals surface area contributed by atoms with Crippen LogP contribution in [0.1, 0.15) is 12.8 Å². The highest BCUT2D eigenvalue weighted by atomic mass is 32.2. The molecular formula is C11H15N3O2S. The van der Waals surface area contributed by atoms with E-state index in [1.54, 1.807) is 12.1 Å². The van der Waals surface area contributed by atoms with Gasteiger partial charge in [0.05, 0.1) is 4.90 Å². The summed E-state index contributed by atoms with van der Waals surface area (Å²) >= 11 is 0. The quantitative estimate of drug-likeness (QED) is 0.800. The molecule has 2 rings (SSSR count). The molecule has 6 heteroatoms. The van der Waals surface area contributed by atoms with Crippen molar-refractivity contribution in [2.45, 2.75) is 17.7 Å². The number of nitrogens with zero attached hydrogens (tertiary/aromatic N) is 2. The van der Waals surface area contributed by atoms with E-state index in [1.807, 2.05) is 11.9 Å². The molecule has 0 unspecified atom stereocenters. The molecule has 1 saturated heterocycles. The lowest BCUT2D eigenvalue weighted by atomic mass is 10.3. The Labute approximate surface area is 101 Å². The van der Waals surface area contributed by atoms with Crippen LogP contribution in [-0.4, -0.2) is 32.7 Å². The average Bonchev–Trinajstić information content (AvgIpc) is 2.64. The maximum Gasteiger partial charge on any atom is 0.283 e. The van der Waals surface area contributed by atoms with Crippen molar-refractivity contribution in [3.05, 3.63) is 24.3 Å². The third-order valence-electron chi connectivity index (χ3n) is 2.74. The van der Waals surface area contributed by atoms with Crippen LogP contribution in [0.3, 0.4) is 0 Å². The maximum absolute atomic E-state index is 12.0. The molecule has 1 aromatic rings. The van der Waals surface area contributed by atoms with E-state index in [2.05, 4.69) is 4.40 Å². The Balaban J connectivity index is 2.34. The summed E-state index contributed by atoms with van der Waals surface area (Å²) in [6.07, 6.45) is 1.66. The van der Waals surface area contributed by atoms with Crippen LogP contribution < -0.4 is 5.73 Å². The van der Waals surface area contributed by atoms with Crippen LogP contribution in [-0.2, 0) is 10.0 Å². The normalized spacial score (nSPS) is 18.9. The van der Waals surface area contributed by atoms with Gasteiger partial charge in [-0.2, -0.15) is 8.42 Å². The van der Waals surface area contributed by atoms with Crippen LogP contribution >= 0.6 is 0 Å². The summed E-state index contributed by atoms with van der Waals surface area (Å²) in [6.45, 7) is 0.857. The Morgan fingerprint density at radius 1 is 1.29 bits per heavy atom. The van der Waals surface area contributed by atoms with Gasteiger partial charge in [0.15, 0.2) is 0 Å². The third kappa shape index (κ3) is 2.58. The van der Waals surface area contributed by atoms with Gasteiger partial charge in [-0.3, -0.25) is 0 Å². The zero-order chi connectivity index (χ0) is 12.5. The van der Waals surface area contributed by atoms with Crippen molar-refractivity contribution in [2.24, 2.45) is 4.40 Å². The molecule has 0 aliphatic carbocycles. The molecule has 92 valence electrons. The van der Waals surface area contributed by atoms with Gasteiger partial charge in [-0.25, -0.2) is 0 Å². The first-order valence-electron chi connectivity index (χ1n) is 5.39. The Morgan fingerprint density at radius 2 is 1.94 bits per heavy atom. The third-order valence-corrected chi connectivity index (χ3v) is 4.06. The molecular weight excluding hydrogens is 238 g/mol. The molecule has 0 spiro atoms. The molecule has 1 fully saturated rings. The van der Waals surface area contributed by atoms with Crippen LogP contribution in [0.4, 0.5) is 5.69 Å². The van der Waals surface area contributed by atoms with Gasteiger partial charge in [-0.1, -0.05) is 0 Å². The van der Waals surface area contributed by atoms with Crippen molar-refractivity contribution in [3.63, 3.8) is 0 Å². The summed E-state index contributed by atoms with van der Waals surface area (Å²) in [5, 5.41) is 0. The topological polar surface area (TPSA) is 75.8 Å². The van der Waals surface area contributed by atoms with Crippen LogP contribution in [0.15, 0.2) is 33.6 Å². The van der Waals surface area contributed by atoms with Crippen molar-refractivity contribution in [2.75, 3.05) is 19.3 Å². The van der Waals surface area contributed by atoms with E-state index < -0.39 is 10.0 Å². The fourth-order valence-electron chi connectivity index (χ4n) is 1.74. The van der Waals surface area contributed by atoms with Crippen LogP contribution in [0.2, 0.25) is 0 Å². The predicted molar refractivity (Wildman–Crippen MR) is 67.3 cm³/mol. The van der Waals surface area contributed by atoms with Crippen molar-refractivity contribution in [1.82, 2.24) is 4.90 Å². The van der Waals surface area contributed by atoms with Crippen LogP contribution in [0, 0.1) is 0 Å². The number of benzene rings is 1. The van der Waals surface area contributed by atoms with Crippen molar-refractivity contribution in [3.8, 4) is 0 Å². The van der Waals surface area contributed by atoms with Gasteiger partial charge in [-0.15, -0.1) is 4.40 Å². The summed E-state index contributed by atoms with van der Waals surface area (Å²) in [4.78, 5) is 2.05. The van der Waals surface area contributed by atoms with Gasteiger partial charge in [0.25, 0.3) is 10.0 Å². The largest absolute Gasteiger partial charge is 0.399 e. The minimum atomic E-state index is -3.60. The van der Waals surface area contributed by atoms with Crippen LogP contribution in [0.25, 0.3) is 0 Å². The molecule has 0 radical (unpaired) electrons. The Morgan fingerprint density at radius 3 is 2.47 bits per heavy atom. The van der Waals surface area contributed by atoms with Crippen molar-refractivity contribution in [1.29, 1.82) is 0 Å². The number of hydrogen-bond acceptors (Lipinski definition) is 3. The number of anilines is 1. The van der Waals surface area contributed by atoms with E-state index in [9.17, 15) is 8.42 Å². The van der Waals surface area contributed by atoms with Crippen LogP contribution in [0.5, 0.6) is 0 Å². The van der Waals surface area contributed by atoms with Gasteiger partial charge < -0.3 is 10.6 Å². The fourth-order valence-corrected chi connectivity index (χ4v) is 2.83. The number of amidine groups is 1. The molecule has 0 amide bonds. The minimum absolute atomic E-state index is 0.180. The second kappa shape index (κ2) is 4.37. The summed E-state index contributed by atoms with van der Waals surface area (Å²) in [5.74, 6) is 0.627. The van der Waals surface area contributed by atoms with Gasteiger partial charge in [0.2, 0.25) is 0 Å². The second-order valence-corrected chi connectivity index (χ2v) is 5.68. The number of likely N-dealkylation sites (tertiary alicyclic amines) is 1. The molecule has 17 heavy (non-hydrogen) atoms. The lowest BCUT2D eigenvalue weighted by molar-refractivity contribution is 0.548. The molecule has 2 N–H and O–H groups in total. The van der Waals surface area contributed by atoms with E-state index in [4.69, 9.17) is 5.73 Å². The molecule has 0 aromatic heterocycles. The highest BCUT2D eigenvalue weighted by Gasteiger charge is 2.19. The van der Waals surface area contributed by atoms with Gasteiger partial charge in [0.1, 0.15) is 5.84 Å². The molecule has 1 aliphatic heterocycles. The molecule has 1 aliphatic rings. The van der Waals surface area contributed by atoms with E-state index in [0.717, 1.165) is 13.0 Å². The molecule has 1 aromatic carbocycles. The molecule has 0 saturated carbocycles. The Hall–Kier alpha value is -1.56. The zero-order valence-electron chi connectivity index (χ0n) is 9.63. The van der Waals surface area contributed by atoms with Crippen molar-refractivity contribution >= 4 is 21.5 Å². The number of hydrogen-bond donors (Lipinski definition) is 1. The standard InChI is InChI=1S/C11H15N3O2S/c1-14-8-2-3-11(14)13-17(15,16)10-6-4-9(12)5-7-10/h4-7H,2-3,8,12H2,1H3. The van der Waals surface area contributed by atoms with E-state index in [-0.39, 0.29) is 4.90 Å².